The average Bonchev–Trinajstić information content (AvgIpc) is 3.57. The molecule has 1 aromatic carbocycles. The van der Waals surface area contributed by atoms with Gasteiger partial charge in [-0.1, -0.05) is 12.1 Å². The number of carboxylic acids is 1. The quantitative estimate of drug-likeness (QED) is 0.403. The van der Waals surface area contributed by atoms with Crippen molar-refractivity contribution in [1.29, 1.82) is 0 Å². The minimum atomic E-state index is -0.777. The van der Waals surface area contributed by atoms with E-state index in [2.05, 4.69) is 15.2 Å². The standard InChI is InChI=1S/C31H39FN6O5S/c1-3-43-30(41)26-24(34-28(29-33-11-18-44-29)35-27(26)22-5-4-6-23(32)20(22)2)19-36-14-16-38(17-15-36)31(42)37-12-9-21(10-13-37)7-8-25(39)40/h4-6,11,18,21,27H,3,7-10,12-17,19H2,1-2H3,(H,34,35)(H,39,40)/t27-/m0/s1. The molecule has 1 atom stereocenters. The number of thiazole rings is 1. The van der Waals surface area contributed by atoms with E-state index in [0.717, 1.165) is 12.8 Å². The third kappa shape index (κ3) is 7.27. The van der Waals surface area contributed by atoms with E-state index in [1.54, 1.807) is 32.2 Å². The average molecular weight is 627 g/mol. The van der Waals surface area contributed by atoms with Gasteiger partial charge < -0.3 is 25.0 Å². The maximum Gasteiger partial charge on any atom is 0.338 e. The number of nitrogens with zero attached hydrogens (tertiary/aromatic N) is 5. The lowest BCUT2D eigenvalue weighted by molar-refractivity contribution is -0.139. The first-order chi connectivity index (χ1) is 21.2. The molecule has 4 heterocycles. The lowest BCUT2D eigenvalue weighted by atomic mass is 9.92. The predicted molar refractivity (Wildman–Crippen MR) is 164 cm³/mol. The first kappa shape index (κ1) is 31.6. The van der Waals surface area contributed by atoms with Crippen molar-refractivity contribution in [2.75, 3.05) is 52.4 Å². The summed E-state index contributed by atoms with van der Waals surface area (Å²) in [4.78, 5) is 52.8. The van der Waals surface area contributed by atoms with Crippen molar-refractivity contribution in [3.63, 3.8) is 0 Å². The molecule has 2 amide bonds. The molecule has 5 rings (SSSR count). The van der Waals surface area contributed by atoms with Crippen molar-refractivity contribution in [2.24, 2.45) is 10.9 Å². The molecule has 0 unspecified atom stereocenters. The fourth-order valence-corrected chi connectivity index (χ4v) is 6.61. The van der Waals surface area contributed by atoms with Gasteiger partial charge in [-0.2, -0.15) is 0 Å². The number of carbonyl (C=O) groups is 3. The van der Waals surface area contributed by atoms with E-state index in [1.807, 2.05) is 15.2 Å². The minimum Gasteiger partial charge on any atom is -0.481 e. The van der Waals surface area contributed by atoms with E-state index >= 15 is 0 Å². The van der Waals surface area contributed by atoms with Gasteiger partial charge in [0.05, 0.1) is 12.2 Å². The maximum absolute atomic E-state index is 14.7. The predicted octanol–water partition coefficient (Wildman–Crippen LogP) is 3.81. The number of piperazine rings is 1. The van der Waals surface area contributed by atoms with Crippen LogP contribution in [0.15, 0.2) is 46.0 Å². The Kier molecular flexibility index (Phi) is 10.3. The second-order valence-corrected chi connectivity index (χ2v) is 12.2. The van der Waals surface area contributed by atoms with Gasteiger partial charge >= 0.3 is 18.0 Å². The Balaban J connectivity index is 1.31. The van der Waals surface area contributed by atoms with Crippen LogP contribution in [0.25, 0.3) is 0 Å². The molecule has 1 aromatic heterocycles. The fourth-order valence-electron chi connectivity index (χ4n) is 6.03. The van der Waals surface area contributed by atoms with E-state index in [9.17, 15) is 18.8 Å². The van der Waals surface area contributed by atoms with Gasteiger partial charge in [0, 0.05) is 69.5 Å². The van der Waals surface area contributed by atoms with Crippen LogP contribution in [0.3, 0.4) is 0 Å². The monoisotopic (exact) mass is 626 g/mol. The number of esters is 1. The molecule has 44 heavy (non-hydrogen) atoms. The summed E-state index contributed by atoms with van der Waals surface area (Å²) in [6.45, 7) is 7.58. The Morgan fingerprint density at radius 1 is 1.11 bits per heavy atom. The second kappa shape index (κ2) is 14.3. The van der Waals surface area contributed by atoms with E-state index in [1.165, 1.54) is 17.4 Å². The highest BCUT2D eigenvalue weighted by molar-refractivity contribution is 7.11. The number of amides is 2. The lowest BCUT2D eigenvalue weighted by Gasteiger charge is -2.40. The molecule has 2 saturated heterocycles. The van der Waals surface area contributed by atoms with Crippen LogP contribution in [-0.4, -0.2) is 101 Å². The lowest BCUT2D eigenvalue weighted by Crippen LogP contribution is -2.54. The van der Waals surface area contributed by atoms with Gasteiger partial charge in [0.25, 0.3) is 0 Å². The van der Waals surface area contributed by atoms with Crippen molar-refractivity contribution in [1.82, 2.24) is 25.0 Å². The molecule has 3 aliphatic rings. The zero-order valence-corrected chi connectivity index (χ0v) is 25.9. The van der Waals surface area contributed by atoms with Gasteiger partial charge in [-0.15, -0.1) is 11.3 Å². The van der Waals surface area contributed by atoms with Crippen LogP contribution in [0.5, 0.6) is 0 Å². The number of hydrogen-bond donors (Lipinski definition) is 2. The number of halogens is 1. The molecule has 3 aliphatic heterocycles. The Hall–Kier alpha value is -3.84. The van der Waals surface area contributed by atoms with Crippen molar-refractivity contribution in [3.8, 4) is 0 Å². The van der Waals surface area contributed by atoms with E-state index in [-0.39, 0.29) is 24.9 Å². The normalized spacial score (nSPS) is 19.9. The van der Waals surface area contributed by atoms with Crippen LogP contribution in [-0.2, 0) is 14.3 Å². The van der Waals surface area contributed by atoms with Gasteiger partial charge in [-0.25, -0.2) is 19.0 Å². The molecule has 2 aromatic rings. The number of aromatic nitrogens is 1. The third-order valence-electron chi connectivity index (χ3n) is 8.54. The number of aliphatic imine (C=N–C) groups is 1. The van der Waals surface area contributed by atoms with Gasteiger partial charge in [0.2, 0.25) is 0 Å². The van der Waals surface area contributed by atoms with E-state index in [4.69, 9.17) is 14.8 Å². The number of piperidine rings is 1. The van der Waals surface area contributed by atoms with Crippen LogP contribution in [0.1, 0.15) is 54.8 Å². The third-order valence-corrected chi connectivity index (χ3v) is 9.32. The largest absolute Gasteiger partial charge is 0.481 e. The summed E-state index contributed by atoms with van der Waals surface area (Å²) in [7, 11) is 0. The number of benzene rings is 1. The molecular weight excluding hydrogens is 587 g/mol. The molecule has 2 fully saturated rings. The van der Waals surface area contributed by atoms with E-state index in [0.29, 0.717) is 91.4 Å². The Labute approximate surface area is 260 Å². The Morgan fingerprint density at radius 3 is 2.50 bits per heavy atom. The highest BCUT2D eigenvalue weighted by Gasteiger charge is 2.36. The van der Waals surface area contributed by atoms with Crippen LogP contribution in [0, 0.1) is 18.7 Å². The highest BCUT2D eigenvalue weighted by Crippen LogP contribution is 2.35. The summed E-state index contributed by atoms with van der Waals surface area (Å²) in [5.41, 5.74) is 1.97. The summed E-state index contributed by atoms with van der Waals surface area (Å²) in [5, 5.41) is 14.8. The smallest absolute Gasteiger partial charge is 0.338 e. The van der Waals surface area contributed by atoms with Gasteiger partial charge in [-0.05, 0) is 56.2 Å². The molecule has 0 spiro atoms. The Bertz CT molecular complexity index is 1410. The highest BCUT2D eigenvalue weighted by atomic mass is 32.1. The summed E-state index contributed by atoms with van der Waals surface area (Å²) in [5.74, 6) is -0.804. The molecule has 236 valence electrons. The maximum atomic E-state index is 14.7. The number of urea groups is 1. The summed E-state index contributed by atoms with van der Waals surface area (Å²) >= 11 is 1.42. The molecule has 0 saturated carbocycles. The van der Waals surface area contributed by atoms with Gasteiger partial charge in [-0.3, -0.25) is 14.7 Å². The van der Waals surface area contributed by atoms with Crippen molar-refractivity contribution < 1.29 is 28.6 Å². The molecular formula is C31H39FN6O5S. The molecule has 2 N–H and O–H groups in total. The summed E-state index contributed by atoms with van der Waals surface area (Å²) in [6.07, 6.45) is 4.16. The fraction of sp³-hybridized carbons (Fsp3) is 0.516. The van der Waals surface area contributed by atoms with Crippen molar-refractivity contribution in [3.05, 3.63) is 63.0 Å². The van der Waals surface area contributed by atoms with Crippen LogP contribution >= 0.6 is 11.3 Å². The van der Waals surface area contributed by atoms with Crippen molar-refractivity contribution >= 4 is 35.1 Å². The summed E-state index contributed by atoms with van der Waals surface area (Å²) in [6, 6.07) is 4.04. The second-order valence-electron chi connectivity index (χ2n) is 11.3. The first-order valence-electron chi connectivity index (χ1n) is 15.1. The number of carboxylic acid groups (broad SMARTS) is 1. The molecule has 0 radical (unpaired) electrons. The topological polar surface area (TPSA) is 128 Å². The molecule has 0 aliphatic carbocycles. The van der Waals surface area contributed by atoms with Crippen molar-refractivity contribution in [2.45, 2.75) is 45.6 Å². The van der Waals surface area contributed by atoms with E-state index < -0.39 is 18.0 Å². The number of aliphatic carboxylic acids is 1. The first-order valence-corrected chi connectivity index (χ1v) is 16.0. The number of rotatable bonds is 9. The van der Waals surface area contributed by atoms with Crippen LogP contribution in [0.2, 0.25) is 0 Å². The number of amidine groups is 1. The number of ether oxygens (including phenoxy) is 1. The molecule has 0 bridgehead atoms. The molecule has 11 nitrogen and oxygen atoms in total. The van der Waals surface area contributed by atoms with Gasteiger partial charge in [0.1, 0.15) is 11.9 Å². The summed E-state index contributed by atoms with van der Waals surface area (Å²) < 4.78 is 20.2. The van der Waals surface area contributed by atoms with Gasteiger partial charge in [0.15, 0.2) is 10.8 Å². The Morgan fingerprint density at radius 2 is 1.84 bits per heavy atom. The minimum absolute atomic E-state index is 0.0170. The zero-order valence-electron chi connectivity index (χ0n) is 25.1. The van der Waals surface area contributed by atoms with Crippen LogP contribution < -0.4 is 5.32 Å². The number of nitrogens with one attached hydrogen (secondary N) is 1. The number of likely N-dealkylation sites (tertiary alicyclic amines) is 1. The number of hydrogen-bond acceptors (Lipinski definition) is 9. The zero-order chi connectivity index (χ0) is 31.2. The number of carbonyl (C=O) groups excluding carboxylic acids is 2. The van der Waals surface area contributed by atoms with Crippen LogP contribution in [0.4, 0.5) is 9.18 Å². The molecule has 13 heteroatoms. The SMILES string of the molecule is CCOC(=O)C1=C(CN2CCN(C(=O)N3CCC(CCC(=O)O)CC3)CC2)NC(c2nccs2)=N[C@H]1c1cccc(F)c1C.